The molecule has 0 saturated heterocycles. The van der Waals surface area contributed by atoms with Crippen LogP contribution in [0.15, 0.2) is 175 Å². The Bertz CT molecular complexity index is 2780. The lowest BCUT2D eigenvalue weighted by Crippen LogP contribution is -2.09. The lowest BCUT2D eigenvalue weighted by molar-refractivity contribution is 0.668. The van der Waals surface area contributed by atoms with Crippen LogP contribution in [0.3, 0.4) is 0 Å². The zero-order chi connectivity index (χ0) is 34.4. The Morgan fingerprint density at radius 1 is 0.385 bits per heavy atom. The molecule has 0 aliphatic rings. The van der Waals surface area contributed by atoms with Gasteiger partial charge in [0.1, 0.15) is 11.2 Å². The minimum absolute atomic E-state index is 0.825. The second-order valence-corrected chi connectivity index (χ2v) is 12.6. The third-order valence-corrected chi connectivity index (χ3v) is 9.44. The van der Waals surface area contributed by atoms with Crippen LogP contribution < -0.4 is 4.90 Å². The van der Waals surface area contributed by atoms with Crippen molar-refractivity contribution < 1.29 is 4.42 Å². The number of nitrogens with zero attached hydrogens (tertiary/aromatic N) is 6. The average molecular weight is 669 g/mol. The number of rotatable bonds is 6. The molecular formula is C45H28N6O. The van der Waals surface area contributed by atoms with Gasteiger partial charge >= 0.3 is 0 Å². The predicted molar refractivity (Wildman–Crippen MR) is 209 cm³/mol. The van der Waals surface area contributed by atoms with Gasteiger partial charge in [-0.25, -0.2) is 9.97 Å². The summed E-state index contributed by atoms with van der Waals surface area (Å²) in [4.78, 5) is 25.6. The van der Waals surface area contributed by atoms with Crippen LogP contribution in [0.4, 0.5) is 17.1 Å². The number of furan rings is 1. The standard InChI is InChI=1S/C45H28N6O/c1-2-8-44-35(5-1)36-28-48-43(27-45(36)52-44)31-13-19-34(20-14-31)51(32-15-9-29(10-16-32)37-21-23-39-41(49-37)6-3-25-46-39)33-17-11-30(12-18-33)38-22-24-40-42(50-38)7-4-26-47-40/h1-28H. The number of para-hydroxylation sites is 1. The predicted octanol–water partition coefficient (Wildman–Crippen LogP) is 11.3. The van der Waals surface area contributed by atoms with Gasteiger partial charge in [0.25, 0.3) is 0 Å². The summed E-state index contributed by atoms with van der Waals surface area (Å²) in [6.45, 7) is 0. The van der Waals surface area contributed by atoms with E-state index in [-0.39, 0.29) is 0 Å². The molecule has 6 aromatic heterocycles. The Morgan fingerprint density at radius 2 is 0.904 bits per heavy atom. The van der Waals surface area contributed by atoms with Crippen molar-refractivity contribution in [3.05, 3.63) is 170 Å². The molecule has 0 aliphatic carbocycles. The summed E-state index contributed by atoms with van der Waals surface area (Å²) < 4.78 is 6.15. The molecule has 0 aliphatic heterocycles. The van der Waals surface area contributed by atoms with E-state index in [9.17, 15) is 0 Å². The van der Waals surface area contributed by atoms with Crippen LogP contribution in [-0.2, 0) is 0 Å². The monoisotopic (exact) mass is 668 g/mol. The molecule has 7 heteroatoms. The van der Waals surface area contributed by atoms with Gasteiger partial charge in [0.15, 0.2) is 0 Å². The quantitative estimate of drug-likeness (QED) is 0.174. The molecule has 0 amide bonds. The van der Waals surface area contributed by atoms with Crippen LogP contribution in [0.2, 0.25) is 0 Å². The Labute approximate surface area is 298 Å². The van der Waals surface area contributed by atoms with Crippen LogP contribution in [0, 0.1) is 0 Å². The van der Waals surface area contributed by atoms with Crippen molar-refractivity contribution in [2.75, 3.05) is 4.90 Å². The van der Waals surface area contributed by atoms with Crippen molar-refractivity contribution in [3.63, 3.8) is 0 Å². The molecule has 0 saturated carbocycles. The van der Waals surface area contributed by atoms with Gasteiger partial charge in [0.05, 0.1) is 39.1 Å². The Morgan fingerprint density at radius 3 is 1.46 bits per heavy atom. The number of pyridine rings is 5. The van der Waals surface area contributed by atoms with Crippen molar-refractivity contribution in [2.45, 2.75) is 0 Å². The first-order valence-electron chi connectivity index (χ1n) is 17.1. The normalized spacial score (nSPS) is 11.5. The third-order valence-electron chi connectivity index (χ3n) is 9.44. The molecule has 0 spiro atoms. The van der Waals surface area contributed by atoms with Gasteiger partial charge in [-0.15, -0.1) is 0 Å². The molecule has 52 heavy (non-hydrogen) atoms. The lowest BCUT2D eigenvalue weighted by atomic mass is 10.1. The second kappa shape index (κ2) is 12.3. The fourth-order valence-corrected chi connectivity index (χ4v) is 6.80. The van der Waals surface area contributed by atoms with E-state index in [1.54, 1.807) is 12.4 Å². The maximum Gasteiger partial charge on any atom is 0.139 e. The van der Waals surface area contributed by atoms with Gasteiger partial charge in [-0.1, -0.05) is 54.6 Å². The van der Waals surface area contributed by atoms with Gasteiger partial charge in [-0.3, -0.25) is 15.0 Å². The largest absolute Gasteiger partial charge is 0.456 e. The molecule has 4 aromatic carbocycles. The van der Waals surface area contributed by atoms with Crippen LogP contribution in [0.1, 0.15) is 0 Å². The summed E-state index contributed by atoms with van der Waals surface area (Å²) in [7, 11) is 0. The van der Waals surface area contributed by atoms with E-state index in [2.05, 4.69) is 93.7 Å². The fourth-order valence-electron chi connectivity index (χ4n) is 6.80. The van der Waals surface area contributed by atoms with Crippen LogP contribution in [0.25, 0.3) is 77.8 Å². The van der Waals surface area contributed by atoms with Crippen molar-refractivity contribution in [1.29, 1.82) is 0 Å². The highest BCUT2D eigenvalue weighted by Crippen LogP contribution is 2.38. The Balaban J connectivity index is 1.02. The molecule has 10 aromatic rings. The molecule has 0 unspecified atom stereocenters. The van der Waals surface area contributed by atoms with Crippen molar-refractivity contribution in [2.24, 2.45) is 0 Å². The lowest BCUT2D eigenvalue weighted by Gasteiger charge is -2.26. The van der Waals surface area contributed by atoms with Gasteiger partial charge in [-0.2, -0.15) is 0 Å². The topological polar surface area (TPSA) is 80.8 Å². The first-order valence-corrected chi connectivity index (χ1v) is 17.1. The zero-order valence-corrected chi connectivity index (χ0v) is 27.8. The van der Waals surface area contributed by atoms with E-state index in [4.69, 9.17) is 19.4 Å². The summed E-state index contributed by atoms with van der Waals surface area (Å²) in [5, 5.41) is 2.08. The van der Waals surface area contributed by atoms with Crippen molar-refractivity contribution >= 4 is 61.1 Å². The molecular weight excluding hydrogens is 641 g/mol. The van der Waals surface area contributed by atoms with E-state index in [0.29, 0.717) is 0 Å². The van der Waals surface area contributed by atoms with Crippen molar-refractivity contribution in [3.8, 4) is 33.8 Å². The summed E-state index contributed by atoms with van der Waals surface area (Å²) in [5.41, 5.74) is 14.0. The molecule has 0 N–H and O–H groups in total. The van der Waals surface area contributed by atoms with E-state index in [1.165, 1.54) is 0 Å². The Kier molecular flexibility index (Phi) is 6.99. The highest BCUT2D eigenvalue weighted by Gasteiger charge is 2.16. The molecule has 0 bridgehead atoms. The molecule has 6 heterocycles. The number of aromatic nitrogens is 5. The molecule has 0 radical (unpaired) electrons. The van der Waals surface area contributed by atoms with Gasteiger partial charge in [0.2, 0.25) is 0 Å². The SMILES string of the molecule is c1cnc2ccc(-c3ccc(N(c4ccc(-c5cc6oc7ccccc7c6cn5)cc4)c4ccc(-c5ccc6ncccc6n5)cc4)cc3)nc2c1. The Hall–Kier alpha value is -7.25. The van der Waals surface area contributed by atoms with E-state index in [1.807, 2.05) is 79.0 Å². The van der Waals surface area contributed by atoms with E-state index < -0.39 is 0 Å². The highest BCUT2D eigenvalue weighted by atomic mass is 16.3. The highest BCUT2D eigenvalue weighted by molar-refractivity contribution is 6.05. The van der Waals surface area contributed by atoms with Gasteiger partial charge in [0, 0.05) is 69.2 Å². The number of anilines is 3. The smallest absolute Gasteiger partial charge is 0.139 e. The van der Waals surface area contributed by atoms with Gasteiger partial charge < -0.3 is 9.32 Å². The van der Waals surface area contributed by atoms with Crippen LogP contribution >= 0.6 is 0 Å². The first-order chi connectivity index (χ1) is 25.7. The second-order valence-electron chi connectivity index (χ2n) is 12.6. The van der Waals surface area contributed by atoms with Crippen LogP contribution in [0.5, 0.6) is 0 Å². The van der Waals surface area contributed by atoms with E-state index >= 15 is 0 Å². The number of benzene rings is 4. The summed E-state index contributed by atoms with van der Waals surface area (Å²) in [6, 6.07) is 51.5. The maximum atomic E-state index is 6.15. The molecule has 244 valence electrons. The minimum atomic E-state index is 0.825. The third kappa shape index (κ3) is 5.28. The molecule has 0 atom stereocenters. The van der Waals surface area contributed by atoms with Crippen LogP contribution in [-0.4, -0.2) is 24.9 Å². The van der Waals surface area contributed by atoms with E-state index in [0.717, 1.165) is 94.8 Å². The van der Waals surface area contributed by atoms with Gasteiger partial charge in [-0.05, 0) is 91.0 Å². The molecule has 0 fully saturated rings. The summed E-state index contributed by atoms with van der Waals surface area (Å²) >= 11 is 0. The first kappa shape index (κ1) is 29.6. The zero-order valence-electron chi connectivity index (χ0n) is 27.8. The number of fused-ring (bicyclic) bond motifs is 5. The number of hydrogen-bond acceptors (Lipinski definition) is 7. The summed E-state index contributed by atoms with van der Waals surface area (Å²) in [5.74, 6) is 0. The number of hydrogen-bond donors (Lipinski definition) is 0. The average Bonchev–Trinajstić information content (AvgIpc) is 3.59. The summed E-state index contributed by atoms with van der Waals surface area (Å²) in [6.07, 6.45) is 5.48. The van der Waals surface area contributed by atoms with Crippen molar-refractivity contribution in [1.82, 2.24) is 24.9 Å². The molecule has 10 rings (SSSR count). The fraction of sp³-hybridized carbons (Fsp3) is 0. The molecule has 7 nitrogen and oxygen atoms in total. The maximum absolute atomic E-state index is 6.15. The minimum Gasteiger partial charge on any atom is -0.456 e.